The first-order valence-corrected chi connectivity index (χ1v) is 5.60. The first kappa shape index (κ1) is 12.2. The molecule has 0 saturated heterocycles. The second-order valence-electron chi connectivity index (χ2n) is 4.38. The van der Waals surface area contributed by atoms with Gasteiger partial charge in [-0.25, -0.2) is 0 Å². The Kier molecular flexibility index (Phi) is 3.05. The third-order valence-corrected chi connectivity index (χ3v) is 2.61. The Balaban J connectivity index is 2.28. The summed E-state index contributed by atoms with van der Waals surface area (Å²) < 4.78 is 5.22. The van der Waals surface area contributed by atoms with Gasteiger partial charge in [0.15, 0.2) is 0 Å². The van der Waals surface area contributed by atoms with E-state index in [0.29, 0.717) is 23.7 Å². The molecule has 0 aromatic carbocycles. The van der Waals surface area contributed by atoms with Crippen LogP contribution < -0.4 is 17.2 Å². The van der Waals surface area contributed by atoms with Crippen molar-refractivity contribution in [3.8, 4) is 0 Å². The molecule has 0 aliphatic carbocycles. The summed E-state index contributed by atoms with van der Waals surface area (Å²) in [5.41, 5.74) is 18.5. The van der Waals surface area contributed by atoms with Crippen molar-refractivity contribution in [3.05, 3.63) is 23.1 Å². The van der Waals surface area contributed by atoms with Crippen LogP contribution in [0, 0.1) is 0 Å². The van der Waals surface area contributed by atoms with Gasteiger partial charge in [-0.2, -0.15) is 9.97 Å². The number of aromatic nitrogens is 3. The first-order chi connectivity index (χ1) is 8.47. The van der Waals surface area contributed by atoms with Gasteiger partial charge in [-0.1, -0.05) is 19.0 Å². The molecule has 0 spiro atoms. The van der Waals surface area contributed by atoms with Crippen LogP contribution in [-0.2, 0) is 6.42 Å². The molecule has 96 valence electrons. The highest BCUT2D eigenvalue weighted by atomic mass is 16.5. The number of hydrogen-bond acceptors (Lipinski definition) is 7. The normalized spacial score (nSPS) is 11.1. The maximum atomic E-state index is 5.76. The number of rotatable bonds is 3. The molecule has 7 heteroatoms. The predicted octanol–water partition coefficient (Wildman–Crippen LogP) is 0.925. The van der Waals surface area contributed by atoms with Gasteiger partial charge >= 0.3 is 0 Å². The standard InChI is InChI=1S/C11H16N6O/c1-5(2)8-4-6(18-17-8)3-7-9(12)15-11(14)16-10(7)13/h4-5H,3H2,1-2H3,(H6,12,13,14,15,16). The maximum Gasteiger partial charge on any atom is 0.223 e. The van der Waals surface area contributed by atoms with Crippen molar-refractivity contribution in [3.63, 3.8) is 0 Å². The van der Waals surface area contributed by atoms with Crippen molar-refractivity contribution in [1.29, 1.82) is 0 Å². The molecule has 0 bridgehead atoms. The van der Waals surface area contributed by atoms with E-state index in [4.69, 9.17) is 21.7 Å². The highest BCUT2D eigenvalue weighted by Crippen LogP contribution is 2.22. The van der Waals surface area contributed by atoms with Crippen molar-refractivity contribution in [1.82, 2.24) is 15.1 Å². The zero-order valence-electron chi connectivity index (χ0n) is 10.3. The van der Waals surface area contributed by atoms with Gasteiger partial charge in [-0.05, 0) is 5.92 Å². The molecule has 0 saturated carbocycles. The second-order valence-corrected chi connectivity index (χ2v) is 4.38. The van der Waals surface area contributed by atoms with Crippen LogP contribution in [0.15, 0.2) is 10.6 Å². The lowest BCUT2D eigenvalue weighted by Gasteiger charge is -2.06. The van der Waals surface area contributed by atoms with E-state index in [2.05, 4.69) is 15.1 Å². The predicted molar refractivity (Wildman–Crippen MR) is 68.7 cm³/mol. The summed E-state index contributed by atoms with van der Waals surface area (Å²) in [6.45, 7) is 4.08. The highest BCUT2D eigenvalue weighted by molar-refractivity contribution is 5.56. The van der Waals surface area contributed by atoms with Gasteiger partial charge in [0.2, 0.25) is 5.95 Å². The lowest BCUT2D eigenvalue weighted by Crippen LogP contribution is -2.08. The third-order valence-electron chi connectivity index (χ3n) is 2.61. The Morgan fingerprint density at radius 3 is 2.28 bits per heavy atom. The highest BCUT2D eigenvalue weighted by Gasteiger charge is 2.14. The molecule has 0 fully saturated rings. The van der Waals surface area contributed by atoms with Gasteiger partial charge in [0.1, 0.15) is 17.4 Å². The van der Waals surface area contributed by atoms with Crippen LogP contribution >= 0.6 is 0 Å². The monoisotopic (exact) mass is 248 g/mol. The summed E-state index contributed by atoms with van der Waals surface area (Å²) in [6, 6.07) is 1.87. The number of hydrogen-bond donors (Lipinski definition) is 3. The molecule has 2 rings (SSSR count). The molecule has 0 unspecified atom stereocenters. The smallest absolute Gasteiger partial charge is 0.223 e. The SMILES string of the molecule is CC(C)c1cc(Cc2c(N)nc(N)nc2N)on1. The largest absolute Gasteiger partial charge is 0.383 e. The van der Waals surface area contributed by atoms with E-state index in [0.717, 1.165) is 5.69 Å². The molecule has 0 aliphatic rings. The van der Waals surface area contributed by atoms with E-state index in [1.807, 2.05) is 19.9 Å². The molecule has 0 amide bonds. The topological polar surface area (TPSA) is 130 Å². The van der Waals surface area contributed by atoms with E-state index in [1.54, 1.807) is 0 Å². The molecule has 0 radical (unpaired) electrons. The summed E-state index contributed by atoms with van der Waals surface area (Å²) in [5.74, 6) is 1.57. The van der Waals surface area contributed by atoms with Gasteiger partial charge in [0, 0.05) is 18.1 Å². The van der Waals surface area contributed by atoms with E-state index in [-0.39, 0.29) is 17.6 Å². The first-order valence-electron chi connectivity index (χ1n) is 5.60. The molecule has 18 heavy (non-hydrogen) atoms. The Bertz CT molecular complexity index is 539. The summed E-state index contributed by atoms with van der Waals surface area (Å²) in [4.78, 5) is 7.75. The molecule has 2 aromatic heterocycles. The average Bonchev–Trinajstić information content (AvgIpc) is 2.71. The Morgan fingerprint density at radius 2 is 1.78 bits per heavy atom. The van der Waals surface area contributed by atoms with Gasteiger partial charge in [0.05, 0.1) is 5.69 Å². The van der Waals surface area contributed by atoms with Crippen LogP contribution in [0.4, 0.5) is 17.6 Å². The van der Waals surface area contributed by atoms with Crippen molar-refractivity contribution in [2.75, 3.05) is 17.2 Å². The van der Waals surface area contributed by atoms with Gasteiger partial charge in [-0.3, -0.25) is 0 Å². The van der Waals surface area contributed by atoms with Crippen molar-refractivity contribution in [2.45, 2.75) is 26.2 Å². The molecular weight excluding hydrogens is 232 g/mol. The molecule has 0 atom stereocenters. The fraction of sp³-hybridized carbons (Fsp3) is 0.364. The minimum atomic E-state index is 0.0641. The molecule has 7 nitrogen and oxygen atoms in total. The fourth-order valence-corrected chi connectivity index (χ4v) is 1.58. The Labute approximate surface area is 104 Å². The van der Waals surface area contributed by atoms with Crippen LogP contribution in [-0.4, -0.2) is 15.1 Å². The van der Waals surface area contributed by atoms with E-state index < -0.39 is 0 Å². The molecule has 2 aromatic rings. The molecule has 0 aliphatic heterocycles. The minimum Gasteiger partial charge on any atom is -0.383 e. The van der Waals surface area contributed by atoms with Gasteiger partial charge in [-0.15, -0.1) is 0 Å². The van der Waals surface area contributed by atoms with Crippen molar-refractivity contribution in [2.24, 2.45) is 0 Å². The number of nitrogens with two attached hydrogens (primary N) is 3. The number of nitrogen functional groups attached to an aromatic ring is 3. The van der Waals surface area contributed by atoms with Gasteiger partial charge < -0.3 is 21.7 Å². The second kappa shape index (κ2) is 4.52. The maximum absolute atomic E-state index is 5.76. The zero-order valence-corrected chi connectivity index (χ0v) is 10.3. The van der Waals surface area contributed by atoms with E-state index >= 15 is 0 Å². The molecule has 6 N–H and O–H groups in total. The summed E-state index contributed by atoms with van der Waals surface area (Å²) in [7, 11) is 0. The van der Waals surface area contributed by atoms with Crippen LogP contribution in [0.2, 0.25) is 0 Å². The summed E-state index contributed by atoms with van der Waals surface area (Å²) >= 11 is 0. The molecule has 2 heterocycles. The summed E-state index contributed by atoms with van der Waals surface area (Å²) in [6.07, 6.45) is 0.400. The Hall–Kier alpha value is -2.31. The van der Waals surface area contributed by atoms with Crippen LogP contribution in [0.5, 0.6) is 0 Å². The lowest BCUT2D eigenvalue weighted by atomic mass is 10.1. The van der Waals surface area contributed by atoms with Crippen molar-refractivity contribution < 1.29 is 4.52 Å². The molecular formula is C11H16N6O. The van der Waals surface area contributed by atoms with E-state index in [9.17, 15) is 0 Å². The number of nitrogens with zero attached hydrogens (tertiary/aromatic N) is 3. The van der Waals surface area contributed by atoms with Crippen LogP contribution in [0.25, 0.3) is 0 Å². The Morgan fingerprint density at radius 1 is 1.17 bits per heavy atom. The fourth-order valence-electron chi connectivity index (χ4n) is 1.58. The van der Waals surface area contributed by atoms with Gasteiger partial charge in [0.25, 0.3) is 0 Å². The quantitative estimate of drug-likeness (QED) is 0.736. The summed E-state index contributed by atoms with van der Waals surface area (Å²) in [5, 5.41) is 3.97. The lowest BCUT2D eigenvalue weighted by molar-refractivity contribution is 0.380. The van der Waals surface area contributed by atoms with Crippen LogP contribution in [0.1, 0.15) is 36.8 Å². The minimum absolute atomic E-state index is 0.0641. The third kappa shape index (κ3) is 2.34. The zero-order chi connectivity index (χ0) is 13.3. The number of anilines is 3. The van der Waals surface area contributed by atoms with Crippen molar-refractivity contribution >= 4 is 17.6 Å². The van der Waals surface area contributed by atoms with E-state index in [1.165, 1.54) is 0 Å². The van der Waals surface area contributed by atoms with Crippen LogP contribution in [0.3, 0.4) is 0 Å². The average molecular weight is 248 g/mol.